The average molecular weight is 359 g/mol. The Morgan fingerprint density at radius 1 is 1.12 bits per heavy atom. The lowest BCUT2D eigenvalue weighted by Gasteiger charge is -2.18. The van der Waals surface area contributed by atoms with Crippen molar-refractivity contribution in [2.45, 2.75) is 33.3 Å². The maximum absolute atomic E-state index is 13.0. The summed E-state index contributed by atoms with van der Waals surface area (Å²) in [5.41, 5.74) is 1.69. The van der Waals surface area contributed by atoms with Crippen molar-refractivity contribution in [1.82, 2.24) is 0 Å². The first-order valence-corrected chi connectivity index (χ1v) is 8.45. The number of nitrogens with one attached hydrogen (secondary N) is 1. The molecule has 0 bridgehead atoms. The summed E-state index contributed by atoms with van der Waals surface area (Å²) in [6.45, 7) is 5.65. The number of rotatable bonds is 7. The van der Waals surface area contributed by atoms with Gasteiger partial charge in [-0.05, 0) is 62.2 Å². The molecule has 5 nitrogen and oxygen atoms in total. The van der Waals surface area contributed by atoms with Gasteiger partial charge < -0.3 is 14.8 Å². The van der Waals surface area contributed by atoms with E-state index in [2.05, 4.69) is 5.32 Å². The van der Waals surface area contributed by atoms with Crippen LogP contribution < -0.4 is 10.1 Å². The molecule has 6 heteroatoms. The molecule has 1 atom stereocenters. The van der Waals surface area contributed by atoms with Crippen LogP contribution in [0.25, 0.3) is 0 Å². The van der Waals surface area contributed by atoms with Crippen molar-refractivity contribution in [1.29, 1.82) is 0 Å². The molecular formula is C20H22FNO4. The van der Waals surface area contributed by atoms with E-state index in [1.54, 1.807) is 25.1 Å². The summed E-state index contributed by atoms with van der Waals surface area (Å²) in [6, 6.07) is 10.4. The molecule has 0 aromatic heterocycles. The Morgan fingerprint density at radius 3 is 2.42 bits per heavy atom. The quantitative estimate of drug-likeness (QED) is 0.756. The molecule has 1 amide bonds. The van der Waals surface area contributed by atoms with Crippen LogP contribution in [0.15, 0.2) is 42.5 Å². The molecule has 1 N–H and O–H groups in total. The largest absolute Gasteiger partial charge is 0.481 e. The molecular weight excluding hydrogens is 337 g/mol. The standard InChI is InChI=1S/C20H22FNO4/c1-4-18(26-16-10-8-15(21)9-11-16)19(23)22-17-12-14(7-6-13(17)3)20(24)25-5-2/h6-12,18H,4-5H2,1-3H3,(H,22,23)/t18-/m0/s1. The van der Waals surface area contributed by atoms with Crippen molar-refractivity contribution in [2.24, 2.45) is 0 Å². The second-order valence-corrected chi connectivity index (χ2v) is 5.71. The number of amides is 1. The number of hydrogen-bond donors (Lipinski definition) is 1. The number of hydrogen-bond acceptors (Lipinski definition) is 4. The van der Waals surface area contributed by atoms with E-state index in [9.17, 15) is 14.0 Å². The maximum atomic E-state index is 13.0. The Kier molecular flexibility index (Phi) is 6.72. The van der Waals surface area contributed by atoms with Crippen molar-refractivity contribution in [3.63, 3.8) is 0 Å². The topological polar surface area (TPSA) is 64.6 Å². The van der Waals surface area contributed by atoms with Crippen molar-refractivity contribution < 1.29 is 23.5 Å². The number of esters is 1. The monoisotopic (exact) mass is 359 g/mol. The highest BCUT2D eigenvalue weighted by Crippen LogP contribution is 2.20. The van der Waals surface area contributed by atoms with E-state index < -0.39 is 12.1 Å². The molecule has 0 aliphatic carbocycles. The highest BCUT2D eigenvalue weighted by atomic mass is 19.1. The molecule has 2 aromatic rings. The third-order valence-electron chi connectivity index (χ3n) is 3.76. The Balaban J connectivity index is 2.12. The van der Waals surface area contributed by atoms with Crippen molar-refractivity contribution in [3.8, 4) is 5.75 Å². The molecule has 0 fully saturated rings. The van der Waals surface area contributed by atoms with E-state index in [0.29, 0.717) is 23.4 Å². The zero-order chi connectivity index (χ0) is 19.1. The lowest BCUT2D eigenvalue weighted by molar-refractivity contribution is -0.122. The Labute approximate surface area is 152 Å². The molecule has 0 aliphatic heterocycles. The van der Waals surface area contributed by atoms with Crippen LogP contribution in [-0.2, 0) is 9.53 Å². The van der Waals surface area contributed by atoms with Crippen LogP contribution in [-0.4, -0.2) is 24.6 Å². The van der Waals surface area contributed by atoms with Gasteiger partial charge in [0.05, 0.1) is 12.2 Å². The number of ether oxygens (including phenoxy) is 2. The molecule has 0 spiro atoms. The molecule has 0 heterocycles. The first kappa shape index (κ1) is 19.4. The van der Waals surface area contributed by atoms with Gasteiger partial charge in [0.2, 0.25) is 0 Å². The maximum Gasteiger partial charge on any atom is 0.338 e. The highest BCUT2D eigenvalue weighted by molar-refractivity contribution is 5.97. The third-order valence-corrected chi connectivity index (χ3v) is 3.76. The van der Waals surface area contributed by atoms with Crippen molar-refractivity contribution in [2.75, 3.05) is 11.9 Å². The summed E-state index contributed by atoms with van der Waals surface area (Å²) < 4.78 is 23.6. The number of carbonyl (C=O) groups is 2. The van der Waals surface area contributed by atoms with Gasteiger partial charge in [-0.3, -0.25) is 4.79 Å². The summed E-state index contributed by atoms with van der Waals surface area (Å²) in [6.07, 6.45) is -0.314. The molecule has 138 valence electrons. The van der Waals surface area contributed by atoms with Gasteiger partial charge in [-0.25, -0.2) is 9.18 Å². The third kappa shape index (κ3) is 5.05. The predicted octanol–water partition coefficient (Wildman–Crippen LogP) is 4.11. The molecule has 0 aliphatic rings. The van der Waals surface area contributed by atoms with Crippen LogP contribution >= 0.6 is 0 Å². The zero-order valence-corrected chi connectivity index (χ0v) is 15.0. The van der Waals surface area contributed by atoms with Gasteiger partial charge in [-0.1, -0.05) is 13.0 Å². The first-order valence-electron chi connectivity index (χ1n) is 8.45. The highest BCUT2D eigenvalue weighted by Gasteiger charge is 2.20. The van der Waals surface area contributed by atoms with Crippen LogP contribution in [0.4, 0.5) is 10.1 Å². The minimum atomic E-state index is -0.744. The molecule has 0 unspecified atom stereocenters. The lowest BCUT2D eigenvalue weighted by atomic mass is 10.1. The summed E-state index contributed by atoms with van der Waals surface area (Å²) in [5, 5.41) is 2.78. The fourth-order valence-electron chi connectivity index (χ4n) is 2.31. The van der Waals surface area contributed by atoms with E-state index >= 15 is 0 Å². The Morgan fingerprint density at radius 2 is 1.81 bits per heavy atom. The molecule has 2 aromatic carbocycles. The van der Waals surface area contributed by atoms with Crippen LogP contribution in [0.1, 0.15) is 36.2 Å². The molecule has 0 radical (unpaired) electrons. The number of anilines is 1. The second kappa shape index (κ2) is 8.99. The van der Waals surface area contributed by atoms with E-state index in [-0.39, 0.29) is 18.3 Å². The van der Waals surface area contributed by atoms with E-state index in [1.807, 2.05) is 13.8 Å². The summed E-state index contributed by atoms with van der Waals surface area (Å²) >= 11 is 0. The van der Waals surface area contributed by atoms with E-state index in [4.69, 9.17) is 9.47 Å². The van der Waals surface area contributed by atoms with Gasteiger partial charge in [0.25, 0.3) is 5.91 Å². The van der Waals surface area contributed by atoms with Gasteiger partial charge in [-0.15, -0.1) is 0 Å². The van der Waals surface area contributed by atoms with Crippen LogP contribution in [0.5, 0.6) is 5.75 Å². The van der Waals surface area contributed by atoms with E-state index in [0.717, 1.165) is 5.56 Å². The Bertz CT molecular complexity index is 774. The number of benzene rings is 2. The fourth-order valence-corrected chi connectivity index (χ4v) is 2.31. The van der Waals surface area contributed by atoms with Crippen LogP contribution in [0, 0.1) is 12.7 Å². The minimum Gasteiger partial charge on any atom is -0.481 e. The average Bonchev–Trinajstić information content (AvgIpc) is 2.63. The smallest absolute Gasteiger partial charge is 0.338 e. The van der Waals surface area contributed by atoms with Gasteiger partial charge in [0.15, 0.2) is 6.10 Å². The van der Waals surface area contributed by atoms with Crippen molar-refractivity contribution in [3.05, 3.63) is 59.4 Å². The summed E-state index contributed by atoms with van der Waals surface area (Å²) in [7, 11) is 0. The first-order chi connectivity index (χ1) is 12.4. The SMILES string of the molecule is CCOC(=O)c1ccc(C)c(NC(=O)[C@H](CC)Oc2ccc(F)cc2)c1. The number of halogens is 1. The van der Waals surface area contributed by atoms with Gasteiger partial charge >= 0.3 is 5.97 Å². The summed E-state index contributed by atoms with van der Waals surface area (Å²) in [5.74, 6) is -0.759. The van der Waals surface area contributed by atoms with E-state index in [1.165, 1.54) is 24.3 Å². The normalized spacial score (nSPS) is 11.5. The van der Waals surface area contributed by atoms with Crippen LogP contribution in [0.2, 0.25) is 0 Å². The molecule has 26 heavy (non-hydrogen) atoms. The minimum absolute atomic E-state index is 0.276. The van der Waals surface area contributed by atoms with Crippen LogP contribution in [0.3, 0.4) is 0 Å². The number of aryl methyl sites for hydroxylation is 1. The molecule has 2 rings (SSSR count). The Hall–Kier alpha value is -2.89. The fraction of sp³-hybridized carbons (Fsp3) is 0.300. The van der Waals surface area contributed by atoms with Crippen molar-refractivity contribution >= 4 is 17.6 Å². The molecule has 0 saturated heterocycles. The van der Waals surface area contributed by atoms with Gasteiger partial charge in [-0.2, -0.15) is 0 Å². The molecule has 0 saturated carbocycles. The van der Waals surface area contributed by atoms with Gasteiger partial charge in [0, 0.05) is 5.69 Å². The number of carbonyl (C=O) groups excluding carboxylic acids is 2. The predicted molar refractivity (Wildman–Crippen MR) is 96.9 cm³/mol. The zero-order valence-electron chi connectivity index (χ0n) is 15.0. The second-order valence-electron chi connectivity index (χ2n) is 5.71. The lowest BCUT2D eigenvalue weighted by Crippen LogP contribution is -2.32. The van der Waals surface area contributed by atoms with Gasteiger partial charge in [0.1, 0.15) is 11.6 Å². The summed E-state index contributed by atoms with van der Waals surface area (Å²) in [4.78, 5) is 24.4.